The van der Waals surface area contributed by atoms with Gasteiger partial charge in [0.15, 0.2) is 0 Å². The first kappa shape index (κ1) is 35.1. The van der Waals surface area contributed by atoms with Gasteiger partial charge in [0.05, 0.1) is 33.0 Å². The van der Waals surface area contributed by atoms with Gasteiger partial charge < -0.3 is 13.7 Å². The summed E-state index contributed by atoms with van der Waals surface area (Å²) in [4.78, 5) is 2.39. The molecule has 0 saturated carbocycles. The average molecular weight is 827 g/mol. The number of benzene rings is 10. The average Bonchev–Trinajstić information content (AvgIpc) is 4.15. The van der Waals surface area contributed by atoms with E-state index in [-0.39, 0.29) is 0 Å². The van der Waals surface area contributed by atoms with Gasteiger partial charge in [-0.2, -0.15) is 0 Å². The number of aryl methyl sites for hydroxylation is 1. The van der Waals surface area contributed by atoms with E-state index in [9.17, 15) is 0 Å². The minimum Gasteiger partial charge on any atom is -0.456 e. The van der Waals surface area contributed by atoms with Crippen LogP contribution in [0.5, 0.6) is 0 Å². The molecule has 15 rings (SSSR count). The van der Waals surface area contributed by atoms with E-state index in [2.05, 4.69) is 222 Å². The summed E-state index contributed by atoms with van der Waals surface area (Å²) in [5.74, 6) is 0. The molecule has 3 heteroatoms. The SMILES string of the molecule is Cc1cccc(N(c2ccc(-c3cc4c(c5c3c3cccc6c7ccccc7n5c63)-c3ccccc3C43c4ccccc4-c4ccccc43)cc2)c2cccc3oc4ccccc4c23)c1. The van der Waals surface area contributed by atoms with E-state index in [0.717, 1.165) is 39.0 Å². The molecule has 0 atom stereocenters. The molecule has 3 heterocycles. The van der Waals surface area contributed by atoms with E-state index >= 15 is 0 Å². The lowest BCUT2D eigenvalue weighted by molar-refractivity contribution is 0.669. The number of nitrogens with zero attached hydrogens (tertiary/aromatic N) is 2. The number of hydrogen-bond acceptors (Lipinski definition) is 2. The second kappa shape index (κ2) is 12.6. The molecule has 0 unspecified atom stereocenters. The zero-order valence-electron chi connectivity index (χ0n) is 35.5. The zero-order chi connectivity index (χ0) is 42.5. The lowest BCUT2D eigenvalue weighted by Crippen LogP contribution is -2.25. The summed E-state index contributed by atoms with van der Waals surface area (Å²) in [6.07, 6.45) is 0. The Morgan fingerprint density at radius 3 is 1.82 bits per heavy atom. The largest absolute Gasteiger partial charge is 0.456 e. The van der Waals surface area contributed by atoms with Crippen molar-refractivity contribution in [2.75, 3.05) is 4.90 Å². The predicted molar refractivity (Wildman–Crippen MR) is 270 cm³/mol. The fraction of sp³-hybridized carbons (Fsp3) is 0.0323. The number of anilines is 3. The summed E-state index contributed by atoms with van der Waals surface area (Å²) in [6.45, 7) is 2.17. The summed E-state index contributed by atoms with van der Waals surface area (Å²) in [5.41, 5.74) is 22.6. The van der Waals surface area contributed by atoms with Crippen LogP contribution in [0.25, 0.3) is 93.4 Å². The Morgan fingerprint density at radius 1 is 0.415 bits per heavy atom. The van der Waals surface area contributed by atoms with Crippen molar-refractivity contribution in [2.45, 2.75) is 12.3 Å². The molecule has 0 N–H and O–H groups in total. The first-order valence-corrected chi connectivity index (χ1v) is 22.6. The number of para-hydroxylation sites is 3. The van der Waals surface area contributed by atoms with Crippen LogP contribution in [-0.2, 0) is 5.41 Å². The molecule has 3 nitrogen and oxygen atoms in total. The third-order valence-electron chi connectivity index (χ3n) is 14.8. The molecule has 1 spiro atoms. The molecular formula is C62H38N2O. The van der Waals surface area contributed by atoms with E-state index < -0.39 is 5.41 Å². The monoisotopic (exact) mass is 826 g/mol. The summed E-state index contributed by atoms with van der Waals surface area (Å²) >= 11 is 0. The molecule has 302 valence electrons. The van der Waals surface area contributed by atoms with E-state index in [0.29, 0.717) is 0 Å². The first-order chi connectivity index (χ1) is 32.2. The second-order valence-electron chi connectivity index (χ2n) is 18.0. The van der Waals surface area contributed by atoms with Crippen LogP contribution in [0.15, 0.2) is 217 Å². The summed E-state index contributed by atoms with van der Waals surface area (Å²) in [7, 11) is 0. The van der Waals surface area contributed by atoms with Crippen molar-refractivity contribution in [1.29, 1.82) is 0 Å². The predicted octanol–water partition coefficient (Wildman–Crippen LogP) is 16.5. The maximum absolute atomic E-state index is 6.44. The Labute approximate surface area is 375 Å². The molecule has 0 amide bonds. The Balaban J connectivity index is 1.05. The molecule has 3 aromatic heterocycles. The van der Waals surface area contributed by atoms with Gasteiger partial charge in [0.25, 0.3) is 0 Å². The van der Waals surface area contributed by atoms with Crippen LogP contribution >= 0.6 is 0 Å². The molecule has 2 aliphatic carbocycles. The minimum atomic E-state index is -0.492. The highest BCUT2D eigenvalue weighted by molar-refractivity contribution is 6.29. The van der Waals surface area contributed by atoms with Gasteiger partial charge in [-0.05, 0) is 117 Å². The van der Waals surface area contributed by atoms with Crippen molar-refractivity contribution >= 4 is 77.1 Å². The van der Waals surface area contributed by atoms with Crippen LogP contribution in [0, 0.1) is 6.92 Å². The molecule has 0 aliphatic heterocycles. The molecule has 2 aliphatic rings. The standard InChI is InChI=1S/C62H38N2O/c1-37-15-12-16-40(35-37)63(54-28-14-30-56-59(54)46-21-6-11-29-55(46)65-56)39-33-31-38(32-34-39)48-36-52-58(61-57(48)47-23-13-22-44-43-19-5-10-27-53(43)64(61)60(44)47)45-20-4-9-26-51(45)62(52)49-24-7-2-17-41(49)42-18-3-8-25-50(42)62/h2-36H,1H3. The van der Waals surface area contributed by atoms with Gasteiger partial charge >= 0.3 is 0 Å². The lowest BCUT2D eigenvalue weighted by Gasteiger charge is -2.31. The van der Waals surface area contributed by atoms with Crippen molar-refractivity contribution in [3.05, 3.63) is 240 Å². The molecule has 0 fully saturated rings. The Kier molecular flexibility index (Phi) is 6.82. The molecule has 13 aromatic rings. The van der Waals surface area contributed by atoms with Crippen LogP contribution in [0.3, 0.4) is 0 Å². The van der Waals surface area contributed by atoms with Crippen LogP contribution in [0.2, 0.25) is 0 Å². The molecule has 10 aromatic carbocycles. The maximum Gasteiger partial charge on any atom is 0.137 e. The fourth-order valence-corrected chi connectivity index (χ4v) is 12.3. The normalized spacial score (nSPS) is 13.4. The number of rotatable bonds is 4. The summed E-state index contributed by atoms with van der Waals surface area (Å²) < 4.78 is 9.04. The Morgan fingerprint density at radius 2 is 1.03 bits per heavy atom. The first-order valence-electron chi connectivity index (χ1n) is 22.6. The van der Waals surface area contributed by atoms with Gasteiger partial charge in [0, 0.05) is 43.9 Å². The number of hydrogen-bond donors (Lipinski definition) is 0. The Bertz CT molecular complexity index is 4100. The van der Waals surface area contributed by atoms with Gasteiger partial charge in [-0.3, -0.25) is 0 Å². The van der Waals surface area contributed by atoms with Crippen LogP contribution < -0.4 is 4.90 Å². The number of fused-ring (bicyclic) bond motifs is 20. The number of aromatic nitrogens is 1. The van der Waals surface area contributed by atoms with Crippen molar-refractivity contribution in [2.24, 2.45) is 0 Å². The quantitative estimate of drug-likeness (QED) is 0.176. The van der Waals surface area contributed by atoms with Gasteiger partial charge in [0.1, 0.15) is 11.2 Å². The van der Waals surface area contributed by atoms with Crippen molar-refractivity contribution < 1.29 is 4.42 Å². The maximum atomic E-state index is 6.44. The van der Waals surface area contributed by atoms with E-state index in [4.69, 9.17) is 4.42 Å². The summed E-state index contributed by atoms with van der Waals surface area (Å²) in [5, 5.41) is 7.36. The van der Waals surface area contributed by atoms with E-state index in [1.54, 1.807) is 0 Å². The summed E-state index contributed by atoms with van der Waals surface area (Å²) in [6, 6.07) is 78.8. The second-order valence-corrected chi connectivity index (χ2v) is 18.0. The van der Waals surface area contributed by atoms with E-state index in [1.807, 2.05) is 6.07 Å². The lowest BCUT2D eigenvalue weighted by atomic mass is 9.70. The van der Waals surface area contributed by atoms with Crippen molar-refractivity contribution in [1.82, 2.24) is 4.40 Å². The van der Waals surface area contributed by atoms with E-state index in [1.165, 1.54) is 99.3 Å². The van der Waals surface area contributed by atoms with Crippen LogP contribution in [0.1, 0.15) is 27.8 Å². The smallest absolute Gasteiger partial charge is 0.137 e. The van der Waals surface area contributed by atoms with Crippen LogP contribution in [-0.4, -0.2) is 4.40 Å². The molecule has 0 radical (unpaired) electrons. The highest BCUT2D eigenvalue weighted by Gasteiger charge is 2.52. The molecule has 0 saturated heterocycles. The third-order valence-corrected chi connectivity index (χ3v) is 14.8. The highest BCUT2D eigenvalue weighted by atomic mass is 16.3. The number of furan rings is 1. The van der Waals surface area contributed by atoms with Gasteiger partial charge in [0.2, 0.25) is 0 Å². The van der Waals surface area contributed by atoms with Crippen molar-refractivity contribution in [3.8, 4) is 33.4 Å². The molecule has 0 bridgehead atoms. The molecular weight excluding hydrogens is 789 g/mol. The van der Waals surface area contributed by atoms with Gasteiger partial charge in [-0.1, -0.05) is 158 Å². The Hall–Kier alpha value is -8.40. The van der Waals surface area contributed by atoms with Crippen molar-refractivity contribution in [3.63, 3.8) is 0 Å². The third kappa shape index (κ3) is 4.40. The highest BCUT2D eigenvalue weighted by Crippen LogP contribution is 2.65. The van der Waals surface area contributed by atoms with Gasteiger partial charge in [-0.25, -0.2) is 0 Å². The topological polar surface area (TPSA) is 20.8 Å². The minimum absolute atomic E-state index is 0.492. The zero-order valence-corrected chi connectivity index (χ0v) is 35.5. The fourth-order valence-electron chi connectivity index (χ4n) is 12.3. The van der Waals surface area contributed by atoms with Gasteiger partial charge in [-0.15, -0.1) is 0 Å². The molecule has 65 heavy (non-hydrogen) atoms. The van der Waals surface area contributed by atoms with Crippen LogP contribution in [0.4, 0.5) is 17.1 Å².